The van der Waals surface area contributed by atoms with Gasteiger partial charge in [-0.25, -0.2) is 17.2 Å². The van der Waals surface area contributed by atoms with E-state index in [9.17, 15) is 32.0 Å². The SMILES string of the molecule is O=C(NC(CC1CCC1)B(O)O)C(Cc1ccccc1)NS(=O)(=O)c1cc(F)ccc1F. The maximum atomic E-state index is 14.1. The van der Waals surface area contributed by atoms with Crippen molar-refractivity contribution >= 4 is 23.0 Å². The van der Waals surface area contributed by atoms with Gasteiger partial charge in [-0.3, -0.25) is 4.79 Å². The Morgan fingerprint density at radius 2 is 1.81 bits per heavy atom. The van der Waals surface area contributed by atoms with E-state index in [1.54, 1.807) is 30.3 Å². The molecule has 1 fully saturated rings. The second kappa shape index (κ2) is 10.5. The molecular weight excluding hydrogens is 441 g/mol. The number of amides is 1. The van der Waals surface area contributed by atoms with Crippen LogP contribution in [0.4, 0.5) is 8.78 Å². The third-order valence-electron chi connectivity index (χ3n) is 5.58. The average molecular weight is 466 g/mol. The van der Waals surface area contributed by atoms with Crippen molar-refractivity contribution in [2.24, 2.45) is 5.92 Å². The van der Waals surface area contributed by atoms with Crippen LogP contribution in [0.2, 0.25) is 0 Å². The van der Waals surface area contributed by atoms with Gasteiger partial charge >= 0.3 is 7.12 Å². The van der Waals surface area contributed by atoms with Gasteiger partial charge in [0.05, 0.1) is 5.94 Å². The van der Waals surface area contributed by atoms with Gasteiger partial charge in [0.2, 0.25) is 15.9 Å². The van der Waals surface area contributed by atoms with Crippen LogP contribution in [0, 0.1) is 17.6 Å². The molecule has 0 bridgehead atoms. The first-order valence-electron chi connectivity index (χ1n) is 10.3. The lowest BCUT2D eigenvalue weighted by atomic mass is 9.69. The standard InChI is InChI=1S/C21H25BF2N2O5S/c23-16-9-10-17(24)19(13-16)32(30,31)26-18(11-14-5-2-1-3-6-14)21(27)25-20(22(28)29)12-15-7-4-8-15/h1-3,5-6,9-10,13,15,18,20,26,28-29H,4,7-8,11-12H2,(H,25,27). The van der Waals surface area contributed by atoms with Gasteiger partial charge in [-0.2, -0.15) is 4.72 Å². The molecule has 4 N–H and O–H groups in total. The summed E-state index contributed by atoms with van der Waals surface area (Å²) in [4.78, 5) is 12.1. The average Bonchev–Trinajstić information content (AvgIpc) is 2.71. The monoisotopic (exact) mass is 466 g/mol. The van der Waals surface area contributed by atoms with E-state index in [2.05, 4.69) is 10.0 Å². The second-order valence-corrected chi connectivity index (χ2v) is 9.68. The van der Waals surface area contributed by atoms with Crippen LogP contribution >= 0.6 is 0 Å². The van der Waals surface area contributed by atoms with Gasteiger partial charge in [0.15, 0.2) is 0 Å². The summed E-state index contributed by atoms with van der Waals surface area (Å²) in [6.45, 7) is 0. The summed E-state index contributed by atoms with van der Waals surface area (Å²) < 4.78 is 55.3. The minimum Gasteiger partial charge on any atom is -0.426 e. The molecule has 2 unspecified atom stereocenters. The van der Waals surface area contributed by atoms with Crippen LogP contribution in [0.25, 0.3) is 0 Å². The normalized spacial score (nSPS) is 16.1. The van der Waals surface area contributed by atoms with E-state index in [1.165, 1.54) is 0 Å². The topological polar surface area (TPSA) is 116 Å². The highest BCUT2D eigenvalue weighted by molar-refractivity contribution is 7.89. The van der Waals surface area contributed by atoms with Gasteiger partial charge in [-0.05, 0) is 42.5 Å². The molecule has 1 saturated carbocycles. The highest BCUT2D eigenvalue weighted by Crippen LogP contribution is 2.30. The Hall–Kier alpha value is -2.34. The first kappa shape index (κ1) is 24.3. The largest absolute Gasteiger partial charge is 0.475 e. The maximum Gasteiger partial charge on any atom is 0.475 e. The van der Waals surface area contributed by atoms with Crippen molar-refractivity contribution in [3.05, 3.63) is 65.7 Å². The van der Waals surface area contributed by atoms with Crippen molar-refractivity contribution in [3.63, 3.8) is 0 Å². The van der Waals surface area contributed by atoms with E-state index >= 15 is 0 Å². The first-order chi connectivity index (χ1) is 15.2. The molecule has 1 aliphatic carbocycles. The number of sulfonamides is 1. The quantitative estimate of drug-likeness (QED) is 0.397. The van der Waals surface area contributed by atoms with Gasteiger partial charge < -0.3 is 15.4 Å². The predicted octanol–water partition coefficient (Wildman–Crippen LogP) is 1.54. The van der Waals surface area contributed by atoms with Gasteiger partial charge in [0, 0.05) is 0 Å². The minimum absolute atomic E-state index is 0.0828. The fraction of sp³-hybridized carbons (Fsp3) is 0.381. The summed E-state index contributed by atoms with van der Waals surface area (Å²) in [5.74, 6) is -3.65. The zero-order valence-electron chi connectivity index (χ0n) is 17.2. The Bertz CT molecular complexity index is 1040. The Labute approximate surface area is 186 Å². The number of carbonyl (C=O) groups excluding carboxylic acids is 1. The van der Waals surface area contributed by atoms with Gasteiger partial charge in [0.25, 0.3) is 0 Å². The Kier molecular flexibility index (Phi) is 7.99. The van der Waals surface area contributed by atoms with E-state index in [1.807, 2.05) is 0 Å². The lowest BCUT2D eigenvalue weighted by molar-refractivity contribution is -0.123. The Morgan fingerprint density at radius 3 is 2.41 bits per heavy atom. The smallest absolute Gasteiger partial charge is 0.426 e. The summed E-state index contributed by atoms with van der Waals surface area (Å²) in [6, 6.07) is 9.15. The molecule has 0 radical (unpaired) electrons. The van der Waals surface area contributed by atoms with Gasteiger partial charge in [-0.1, -0.05) is 49.6 Å². The minimum atomic E-state index is -4.60. The molecule has 2 aromatic carbocycles. The van der Waals surface area contributed by atoms with Crippen LogP contribution in [0.1, 0.15) is 31.2 Å². The lowest BCUT2D eigenvalue weighted by Gasteiger charge is -2.30. The van der Waals surface area contributed by atoms with Crippen molar-refractivity contribution in [2.75, 3.05) is 0 Å². The molecule has 2 aromatic rings. The molecule has 11 heteroatoms. The molecule has 1 aliphatic rings. The zero-order chi connectivity index (χ0) is 23.3. The summed E-state index contributed by atoms with van der Waals surface area (Å²) in [6.07, 6.45) is 3.12. The highest BCUT2D eigenvalue weighted by atomic mass is 32.2. The number of carbonyl (C=O) groups is 1. The van der Waals surface area contributed by atoms with Crippen molar-refractivity contribution in [1.82, 2.24) is 10.0 Å². The molecular formula is C21H25BF2N2O5S. The van der Waals surface area contributed by atoms with E-state index in [-0.39, 0.29) is 12.3 Å². The zero-order valence-corrected chi connectivity index (χ0v) is 18.1. The molecule has 172 valence electrons. The predicted molar refractivity (Wildman–Crippen MR) is 115 cm³/mol. The first-order valence-corrected chi connectivity index (χ1v) is 11.8. The van der Waals surface area contributed by atoms with Crippen molar-refractivity contribution in [2.45, 2.75) is 49.0 Å². The molecule has 0 aliphatic heterocycles. The van der Waals surface area contributed by atoms with E-state index in [0.29, 0.717) is 24.1 Å². The highest BCUT2D eigenvalue weighted by Gasteiger charge is 2.34. The summed E-state index contributed by atoms with van der Waals surface area (Å²) >= 11 is 0. The van der Waals surface area contributed by atoms with E-state index in [4.69, 9.17) is 0 Å². The molecule has 32 heavy (non-hydrogen) atoms. The summed E-state index contributed by atoms with van der Waals surface area (Å²) in [5.41, 5.74) is 0.621. The molecule has 2 atom stereocenters. The van der Waals surface area contributed by atoms with Crippen LogP contribution in [0.3, 0.4) is 0 Å². The Balaban J connectivity index is 1.83. The van der Waals surface area contributed by atoms with Gasteiger partial charge in [-0.15, -0.1) is 0 Å². The van der Waals surface area contributed by atoms with Crippen LogP contribution in [-0.2, 0) is 21.2 Å². The number of benzene rings is 2. The Morgan fingerprint density at radius 1 is 1.12 bits per heavy atom. The third kappa shape index (κ3) is 6.35. The number of hydrogen-bond donors (Lipinski definition) is 4. The maximum absolute atomic E-state index is 14.1. The molecule has 1 amide bonds. The van der Waals surface area contributed by atoms with Crippen LogP contribution in [0.5, 0.6) is 0 Å². The fourth-order valence-corrected chi connectivity index (χ4v) is 4.88. The lowest BCUT2D eigenvalue weighted by Crippen LogP contribution is -2.55. The van der Waals surface area contributed by atoms with Crippen molar-refractivity contribution < 1.29 is 32.0 Å². The number of hydrogen-bond acceptors (Lipinski definition) is 5. The molecule has 0 saturated heterocycles. The van der Waals surface area contributed by atoms with Crippen molar-refractivity contribution in [3.8, 4) is 0 Å². The molecule has 0 heterocycles. The van der Waals surface area contributed by atoms with Crippen LogP contribution < -0.4 is 10.0 Å². The molecule has 0 aromatic heterocycles. The van der Waals surface area contributed by atoms with E-state index < -0.39 is 51.6 Å². The summed E-state index contributed by atoms with van der Waals surface area (Å²) in [5, 5.41) is 21.9. The molecule has 0 spiro atoms. The number of nitrogens with one attached hydrogen (secondary N) is 2. The molecule has 7 nitrogen and oxygen atoms in total. The van der Waals surface area contributed by atoms with Crippen LogP contribution in [0.15, 0.2) is 53.4 Å². The van der Waals surface area contributed by atoms with Crippen LogP contribution in [-0.4, -0.2) is 43.5 Å². The number of halogens is 2. The fourth-order valence-electron chi connectivity index (χ4n) is 3.60. The summed E-state index contributed by atoms with van der Waals surface area (Å²) in [7, 11) is -6.43. The van der Waals surface area contributed by atoms with E-state index in [0.717, 1.165) is 25.3 Å². The second-order valence-electron chi connectivity index (χ2n) is 8.00. The number of rotatable bonds is 10. The van der Waals surface area contributed by atoms with Gasteiger partial charge in [0.1, 0.15) is 22.6 Å². The molecule has 3 rings (SSSR count). The van der Waals surface area contributed by atoms with Crippen molar-refractivity contribution in [1.29, 1.82) is 0 Å². The third-order valence-corrected chi connectivity index (χ3v) is 7.07.